The first-order valence-electron chi connectivity index (χ1n) is 9.75. The van der Waals surface area contributed by atoms with Crippen molar-refractivity contribution in [3.05, 3.63) is 15.3 Å². The zero-order chi connectivity index (χ0) is 17.6. The average molecular weight is 333 g/mol. The van der Waals surface area contributed by atoms with Crippen molar-refractivity contribution in [1.82, 2.24) is 0 Å². The van der Waals surface area contributed by atoms with Crippen LogP contribution >= 0.6 is 0 Å². The number of unbranched alkanes of at least 4 members (excludes halogenated alkanes) is 15. The zero-order valence-corrected chi connectivity index (χ0v) is 15.4. The summed E-state index contributed by atoms with van der Waals surface area (Å²) < 4.78 is 0. The lowest BCUT2D eigenvalue weighted by Crippen LogP contribution is -2.50. The molecule has 0 amide bonds. The molecule has 0 unspecified atom stereocenters. The lowest BCUT2D eigenvalue weighted by atomic mass is 10.0. The van der Waals surface area contributed by atoms with Gasteiger partial charge >= 0.3 is 0 Å². The molecule has 0 aromatic carbocycles. The maximum Gasteiger partial charge on any atom is 0.0739 e. The van der Waals surface area contributed by atoms with Crippen molar-refractivity contribution >= 4 is 0 Å². The van der Waals surface area contributed by atoms with E-state index in [1.807, 2.05) is 0 Å². The van der Waals surface area contributed by atoms with E-state index in [-0.39, 0.29) is 0 Å². The fourth-order valence-electron chi connectivity index (χ4n) is 2.72. The maximum atomic E-state index is 8.25. The number of quaternary nitrogens is 1. The molecule has 0 aliphatic heterocycles. The van der Waals surface area contributed by atoms with E-state index in [2.05, 4.69) is 12.7 Å². The predicted molar refractivity (Wildman–Crippen MR) is 97.7 cm³/mol. The molecular weight excluding hydrogens is 292 g/mol. The minimum Gasteiger partial charge on any atom is -0.358 e. The van der Waals surface area contributed by atoms with Crippen molar-refractivity contribution in [2.75, 3.05) is 6.54 Å². The second kappa shape index (κ2) is 23.4. The Morgan fingerprint density at radius 2 is 0.826 bits per heavy atom. The lowest BCUT2D eigenvalue weighted by molar-refractivity contribution is -0.402. The van der Waals surface area contributed by atoms with Crippen LogP contribution in [0.1, 0.15) is 110 Å². The Bertz CT molecular complexity index is 206. The highest BCUT2D eigenvalue weighted by Crippen LogP contribution is 2.13. The van der Waals surface area contributed by atoms with Gasteiger partial charge in [-0.1, -0.05) is 96.8 Å². The van der Waals surface area contributed by atoms with E-state index in [9.17, 15) is 0 Å². The zero-order valence-electron chi connectivity index (χ0n) is 15.4. The number of rotatable bonds is 16. The Labute approximate surface area is 143 Å². The van der Waals surface area contributed by atoms with E-state index in [4.69, 9.17) is 15.3 Å². The molecule has 0 bridgehead atoms. The summed E-state index contributed by atoms with van der Waals surface area (Å²) in [6.07, 6.45) is 23.2. The number of hydrogen-bond donors (Lipinski definition) is 1. The molecule has 0 saturated carbocycles. The third-order valence-corrected chi connectivity index (χ3v) is 4.10. The van der Waals surface area contributed by atoms with Gasteiger partial charge in [0.15, 0.2) is 0 Å². The molecule has 0 aliphatic rings. The summed E-state index contributed by atoms with van der Waals surface area (Å²) in [7, 11) is 0. The summed E-state index contributed by atoms with van der Waals surface area (Å²) in [6.45, 7) is 3.42. The molecule has 0 saturated heterocycles. The standard InChI is InChI=1S/C18H39N.NO3/c1-2-3-4-5-6-7-8-9-10-11-12-13-14-15-16-17-18-19;2-1(3)4/h2-19H2,1H3;/q;-1/p+1. The van der Waals surface area contributed by atoms with Crippen LogP contribution in [0.5, 0.6) is 0 Å². The van der Waals surface area contributed by atoms with Gasteiger partial charge in [0.25, 0.3) is 0 Å². The van der Waals surface area contributed by atoms with Crippen molar-refractivity contribution in [3.8, 4) is 0 Å². The number of hydrogen-bond acceptors (Lipinski definition) is 3. The molecule has 0 atom stereocenters. The van der Waals surface area contributed by atoms with Crippen LogP contribution < -0.4 is 5.73 Å². The van der Waals surface area contributed by atoms with Crippen LogP contribution in [-0.4, -0.2) is 11.6 Å². The molecule has 0 heterocycles. The Morgan fingerprint density at radius 1 is 0.609 bits per heavy atom. The lowest BCUT2D eigenvalue weighted by Gasteiger charge is -2.03. The van der Waals surface area contributed by atoms with Gasteiger partial charge in [-0.25, -0.2) is 0 Å². The Kier molecular flexibility index (Phi) is 24.9. The minimum atomic E-state index is -1.75. The molecule has 5 nitrogen and oxygen atoms in total. The Morgan fingerprint density at radius 3 is 1.04 bits per heavy atom. The van der Waals surface area contributed by atoms with Gasteiger partial charge in [-0.3, -0.25) is 0 Å². The molecule has 23 heavy (non-hydrogen) atoms. The second-order valence-electron chi connectivity index (χ2n) is 6.38. The van der Waals surface area contributed by atoms with Crippen LogP contribution in [0.25, 0.3) is 0 Å². The van der Waals surface area contributed by atoms with E-state index in [0.29, 0.717) is 0 Å². The third kappa shape index (κ3) is 33.8. The molecule has 140 valence electrons. The van der Waals surface area contributed by atoms with E-state index < -0.39 is 5.09 Å². The van der Waals surface area contributed by atoms with E-state index in [1.54, 1.807) is 0 Å². The fraction of sp³-hybridized carbons (Fsp3) is 1.00. The van der Waals surface area contributed by atoms with Gasteiger partial charge in [0.1, 0.15) is 0 Å². The molecular formula is C18H40N2O3. The molecule has 3 N–H and O–H groups in total. The molecule has 0 rings (SSSR count). The Hall–Kier alpha value is -0.840. The highest BCUT2D eigenvalue weighted by molar-refractivity contribution is 4.49. The SMILES string of the molecule is CCCCCCCCCCCCCCCCCC[NH3+].O=[N+]([O-])[O-]. The summed E-state index contributed by atoms with van der Waals surface area (Å²) in [5, 5.41) is 14.8. The monoisotopic (exact) mass is 332 g/mol. The minimum absolute atomic E-state index is 1.12. The second-order valence-corrected chi connectivity index (χ2v) is 6.38. The summed E-state index contributed by atoms with van der Waals surface area (Å²) in [4.78, 5) is 8.25. The molecule has 0 aliphatic carbocycles. The highest BCUT2D eigenvalue weighted by atomic mass is 16.9. The Balaban J connectivity index is 0. The summed E-state index contributed by atoms with van der Waals surface area (Å²) in [6, 6.07) is 0. The van der Waals surface area contributed by atoms with Crippen LogP contribution in [-0.2, 0) is 0 Å². The average Bonchev–Trinajstić information content (AvgIpc) is 2.50. The van der Waals surface area contributed by atoms with Crippen molar-refractivity contribution in [1.29, 1.82) is 0 Å². The first-order chi connectivity index (χ1) is 11.1. The van der Waals surface area contributed by atoms with Gasteiger partial charge in [0.2, 0.25) is 0 Å². The third-order valence-electron chi connectivity index (χ3n) is 4.10. The topological polar surface area (TPSA) is 93.8 Å². The van der Waals surface area contributed by atoms with Crippen LogP contribution in [0.4, 0.5) is 0 Å². The van der Waals surface area contributed by atoms with Gasteiger partial charge < -0.3 is 21.1 Å². The van der Waals surface area contributed by atoms with Crippen molar-refractivity contribution in [3.63, 3.8) is 0 Å². The van der Waals surface area contributed by atoms with Crippen LogP contribution in [0, 0.1) is 15.3 Å². The van der Waals surface area contributed by atoms with Crippen LogP contribution in [0.2, 0.25) is 0 Å². The van der Waals surface area contributed by atoms with Gasteiger partial charge in [0, 0.05) is 0 Å². The fourth-order valence-corrected chi connectivity index (χ4v) is 2.72. The van der Waals surface area contributed by atoms with Crippen LogP contribution in [0.15, 0.2) is 0 Å². The maximum absolute atomic E-state index is 8.25. The normalized spacial score (nSPS) is 10.2. The molecule has 0 fully saturated rings. The van der Waals surface area contributed by atoms with E-state index >= 15 is 0 Å². The van der Waals surface area contributed by atoms with Gasteiger partial charge in [-0.05, 0) is 12.8 Å². The molecule has 0 aromatic heterocycles. The molecule has 0 aromatic rings. The molecule has 0 radical (unpaired) electrons. The van der Waals surface area contributed by atoms with Crippen LogP contribution in [0.3, 0.4) is 0 Å². The molecule has 5 heteroatoms. The number of nitrogens with zero attached hydrogens (tertiary/aromatic N) is 1. The highest BCUT2D eigenvalue weighted by Gasteiger charge is 1.94. The van der Waals surface area contributed by atoms with Gasteiger partial charge in [0.05, 0.1) is 11.6 Å². The summed E-state index contributed by atoms with van der Waals surface area (Å²) in [5.74, 6) is 0. The summed E-state index contributed by atoms with van der Waals surface area (Å²) >= 11 is 0. The quantitative estimate of drug-likeness (QED) is 0.237. The van der Waals surface area contributed by atoms with Gasteiger partial charge in [-0.15, -0.1) is 0 Å². The smallest absolute Gasteiger partial charge is 0.0739 e. The van der Waals surface area contributed by atoms with E-state index in [0.717, 1.165) is 6.54 Å². The van der Waals surface area contributed by atoms with Crippen molar-refractivity contribution in [2.45, 2.75) is 110 Å². The van der Waals surface area contributed by atoms with Gasteiger partial charge in [-0.2, -0.15) is 0 Å². The largest absolute Gasteiger partial charge is 0.358 e. The van der Waals surface area contributed by atoms with Crippen molar-refractivity contribution < 1.29 is 10.8 Å². The first kappa shape index (κ1) is 24.4. The predicted octanol–water partition coefficient (Wildman–Crippen LogP) is 5.25. The van der Waals surface area contributed by atoms with E-state index in [1.165, 1.54) is 103 Å². The summed E-state index contributed by atoms with van der Waals surface area (Å²) in [5.41, 5.74) is 3.89. The molecule has 0 spiro atoms. The first-order valence-corrected chi connectivity index (χ1v) is 9.75. The van der Waals surface area contributed by atoms with Crippen molar-refractivity contribution in [2.24, 2.45) is 0 Å².